The summed E-state index contributed by atoms with van der Waals surface area (Å²) >= 11 is 0. The van der Waals surface area contributed by atoms with Gasteiger partial charge in [-0.3, -0.25) is 33.6 Å². The van der Waals surface area contributed by atoms with E-state index in [4.69, 9.17) is 81.3 Å². The van der Waals surface area contributed by atoms with Crippen molar-refractivity contribution in [3.8, 4) is 0 Å². The molecule has 0 aliphatic carbocycles. The van der Waals surface area contributed by atoms with Crippen molar-refractivity contribution in [2.45, 2.75) is 65.8 Å². The third kappa shape index (κ3) is 44.2. The Labute approximate surface area is 670 Å². The molecular formula is C70H74O50. The van der Waals surface area contributed by atoms with Crippen LogP contribution in [0.25, 0.3) is 0 Å². The second-order valence-corrected chi connectivity index (χ2v) is 24.8. The molecule has 0 aromatic carbocycles. The molecule has 0 aromatic heterocycles. The molecule has 4 atom stereocenters. The molecule has 0 heterocycles. The van der Waals surface area contributed by atoms with Crippen LogP contribution >= 0.6 is 0 Å². The van der Waals surface area contributed by atoms with Crippen molar-refractivity contribution in [1.82, 2.24) is 0 Å². The zero-order valence-corrected chi connectivity index (χ0v) is 62.8. The van der Waals surface area contributed by atoms with Gasteiger partial charge in [0.2, 0.25) is 0 Å². The largest absolute Gasteiger partial charge is 0.481 e. The van der Waals surface area contributed by atoms with Crippen LogP contribution in [0.2, 0.25) is 0 Å². The summed E-state index contributed by atoms with van der Waals surface area (Å²) < 4.78 is 78.9. The number of aliphatic carboxylic acids is 10. The number of esters is 15. The van der Waals surface area contributed by atoms with E-state index in [1.54, 1.807) is 0 Å². The molecule has 50 heteroatoms. The molecule has 0 saturated carbocycles. The summed E-state index contributed by atoms with van der Waals surface area (Å²) in [5.41, 5.74) is -14.8. The van der Waals surface area contributed by atoms with Crippen LogP contribution in [-0.4, -0.2) is 298 Å². The molecule has 0 aliphatic heterocycles. The third-order valence-electron chi connectivity index (χ3n) is 13.9. The van der Waals surface area contributed by atoms with E-state index in [1.807, 2.05) is 0 Å². The lowest BCUT2D eigenvalue weighted by atomic mass is 9.91. The van der Waals surface area contributed by atoms with Gasteiger partial charge in [0.05, 0.1) is 12.8 Å². The van der Waals surface area contributed by atoms with Gasteiger partial charge in [-0.1, -0.05) is 0 Å². The van der Waals surface area contributed by atoms with Gasteiger partial charge in [0, 0.05) is 109 Å². The maximum absolute atomic E-state index is 15.6. The Bertz CT molecular complexity index is 4040. The fraction of sp³-hybridized carbons (Fsp3) is 0.386. The van der Waals surface area contributed by atoms with Crippen LogP contribution in [0, 0.1) is 27.1 Å². The Kier molecular flexibility index (Phi) is 44.6. The minimum atomic E-state index is -3.38. The van der Waals surface area contributed by atoms with E-state index in [-0.39, 0.29) is 109 Å². The molecule has 0 saturated heterocycles. The van der Waals surface area contributed by atoms with E-state index in [0.717, 1.165) is 0 Å². The van der Waals surface area contributed by atoms with Gasteiger partial charge in [-0.25, -0.2) is 86.3 Å². The van der Waals surface area contributed by atoms with Crippen LogP contribution in [0.5, 0.6) is 0 Å². The lowest BCUT2D eigenvalue weighted by Crippen LogP contribution is -2.55. The van der Waals surface area contributed by atoms with E-state index in [1.165, 1.54) is 0 Å². The van der Waals surface area contributed by atoms with Gasteiger partial charge in [-0.2, -0.15) is 0 Å². The van der Waals surface area contributed by atoms with Crippen molar-refractivity contribution in [1.29, 1.82) is 0 Å². The van der Waals surface area contributed by atoms with Crippen LogP contribution in [0.15, 0.2) is 109 Å². The first-order valence-corrected chi connectivity index (χ1v) is 32.7. The zero-order valence-electron chi connectivity index (χ0n) is 62.8. The van der Waals surface area contributed by atoms with Crippen molar-refractivity contribution in [2.24, 2.45) is 27.1 Å². The number of carboxylic acids is 10. The summed E-state index contributed by atoms with van der Waals surface area (Å²) in [6.45, 7) is -16.6. The highest BCUT2D eigenvalue weighted by Crippen LogP contribution is 2.32. The van der Waals surface area contributed by atoms with Gasteiger partial charge in [0.25, 0.3) is 0 Å². The molecule has 0 bridgehead atoms. The molecule has 0 spiro atoms. The SMILES string of the molecule is CC(COC(=O)/C=C\C(=O)O)(COC(=O)/C=C\C(=O)O)C(=O)OCC(OC(=O)C(C)(COC(=O)/C=C\C(=O)O)COC(=O)/C=C\C(=O)O)C(OC(=O)C(C)(COC(=O)/C=C\C(=O)O)COC(=O)/C=C\C(=O)O)C(COC(=O)C(C)(COC(=O)/C=C\C(=O)O)COC(=O)CCC(=O)O)OC(=O)C(C)(COC(=O)/C=C\C(=O)O)COC(=O)/C=C\C(=O)O. The number of ether oxygens (including phenoxy) is 15. The predicted molar refractivity (Wildman–Crippen MR) is 370 cm³/mol. The summed E-state index contributed by atoms with van der Waals surface area (Å²) in [6.07, 6.45) is -8.68. The van der Waals surface area contributed by atoms with E-state index in [2.05, 4.69) is 0 Å². The molecule has 654 valence electrons. The quantitative estimate of drug-likeness (QED) is 0.0164. The number of carbonyl (C=O) groups excluding carboxylic acids is 15. The van der Waals surface area contributed by atoms with Gasteiger partial charge in [0.15, 0.2) is 18.3 Å². The average molecular weight is 1720 g/mol. The van der Waals surface area contributed by atoms with Gasteiger partial charge in [0.1, 0.15) is 106 Å². The molecular weight excluding hydrogens is 1640 g/mol. The molecule has 0 aliphatic rings. The fourth-order valence-electron chi connectivity index (χ4n) is 7.35. The van der Waals surface area contributed by atoms with Crippen LogP contribution < -0.4 is 0 Å². The fourth-order valence-corrected chi connectivity index (χ4v) is 7.35. The first-order chi connectivity index (χ1) is 55.7. The zero-order chi connectivity index (χ0) is 91.9. The first kappa shape index (κ1) is 104. The van der Waals surface area contributed by atoms with E-state index in [9.17, 15) is 146 Å². The van der Waals surface area contributed by atoms with Crippen LogP contribution in [0.3, 0.4) is 0 Å². The van der Waals surface area contributed by atoms with Crippen molar-refractivity contribution in [2.75, 3.05) is 79.3 Å². The highest BCUT2D eigenvalue weighted by molar-refractivity contribution is 5.97. The monoisotopic (exact) mass is 1710 g/mol. The molecule has 0 radical (unpaired) electrons. The second-order valence-electron chi connectivity index (χ2n) is 24.8. The minimum Gasteiger partial charge on any atom is -0.481 e. The normalized spacial score (nSPS) is 13.0. The molecule has 4 unspecified atom stereocenters. The summed E-state index contributed by atoms with van der Waals surface area (Å²) in [5, 5.41) is 92.2. The van der Waals surface area contributed by atoms with Crippen LogP contribution in [0.4, 0.5) is 0 Å². The summed E-state index contributed by atoms with van der Waals surface area (Å²) in [6, 6.07) is 0. The Morgan fingerprint density at radius 3 is 0.558 bits per heavy atom. The standard InChI is InChI=1S/C70H74O50/c1-66(28-108-50(91)16-6-40(71)72,29-109-51(92)17-7-41(73)74)61(101)106-26-38(118-63(103)68(3,32-112-54(95)20-10-44(79)80)33-113-55(96)21-11-45(81)82)60(120-65(105)70(5,36-116-58(99)24-14-48(87)88)37-117-59(100)25-15-49(89)90)39(119-64(104)69(4,34-114-56(97)22-12-46(83)84)35-115-57(98)23-13-47(85)86)27-107-62(102)67(2,30-110-52(93)18-8-42(75)76)31-111-53(94)19-9-43(77)78/h6-8,10-18,20-25,38-39,60H,9,19,26-37H2,1-5H3,(H,71,72)(H,73,74)(H,75,76)(H,77,78)(H,79,80)(H,81,82)(H,83,84)(H,85,86)(H,87,88)(H,89,90)/b16-6-,17-7-,18-8-,20-10-,21-11-,22-12-,23-13-,24-14-,25-15-. The highest BCUT2D eigenvalue weighted by Gasteiger charge is 2.52. The smallest absolute Gasteiger partial charge is 0.331 e. The Hall–Kier alpha value is -15.6. The van der Waals surface area contributed by atoms with Gasteiger partial charge in [-0.15, -0.1) is 0 Å². The molecule has 0 amide bonds. The topological polar surface area (TPSA) is 768 Å². The van der Waals surface area contributed by atoms with E-state index in [0.29, 0.717) is 34.6 Å². The Balaban J connectivity index is 10.7. The minimum absolute atomic E-state index is 0.135. The average Bonchev–Trinajstić information content (AvgIpc) is 0.795. The van der Waals surface area contributed by atoms with Crippen molar-refractivity contribution in [3.63, 3.8) is 0 Å². The number of rotatable bonds is 55. The molecule has 10 N–H and O–H groups in total. The molecule has 0 rings (SSSR count). The number of hydrogen-bond acceptors (Lipinski definition) is 40. The maximum Gasteiger partial charge on any atom is 0.331 e. The summed E-state index contributed by atoms with van der Waals surface area (Å²) in [4.78, 5) is 321. The van der Waals surface area contributed by atoms with Crippen molar-refractivity contribution in [3.05, 3.63) is 109 Å². The highest BCUT2D eigenvalue weighted by atomic mass is 16.7. The summed E-state index contributed by atoms with van der Waals surface area (Å²) in [5.74, 6) is -45.3. The van der Waals surface area contributed by atoms with Crippen LogP contribution in [-0.2, 0) is 191 Å². The third-order valence-corrected chi connectivity index (χ3v) is 13.9. The van der Waals surface area contributed by atoms with Gasteiger partial charge >= 0.3 is 149 Å². The Morgan fingerprint density at radius 2 is 0.383 bits per heavy atom. The second kappa shape index (κ2) is 51.3. The number of carboxylic acid groups (broad SMARTS) is 10. The van der Waals surface area contributed by atoms with Gasteiger partial charge in [-0.05, 0) is 34.6 Å². The maximum atomic E-state index is 15.6. The lowest BCUT2D eigenvalue weighted by molar-refractivity contribution is -0.215. The summed E-state index contributed by atoms with van der Waals surface area (Å²) in [7, 11) is 0. The molecule has 50 nitrogen and oxygen atoms in total. The van der Waals surface area contributed by atoms with Crippen molar-refractivity contribution >= 4 is 149 Å². The predicted octanol–water partition coefficient (Wildman–Crippen LogP) is -3.10. The number of hydrogen-bond donors (Lipinski definition) is 10. The van der Waals surface area contributed by atoms with E-state index >= 15 is 14.4 Å². The van der Waals surface area contributed by atoms with Crippen molar-refractivity contribution < 1.29 is 242 Å². The molecule has 120 heavy (non-hydrogen) atoms. The molecule has 0 fully saturated rings. The van der Waals surface area contributed by atoms with E-state index < -0.39 is 287 Å². The lowest BCUT2D eigenvalue weighted by Gasteiger charge is -2.38. The number of carbonyl (C=O) groups is 25. The Morgan fingerprint density at radius 1 is 0.217 bits per heavy atom. The van der Waals surface area contributed by atoms with Gasteiger partial charge < -0.3 is 122 Å². The van der Waals surface area contributed by atoms with Crippen LogP contribution in [0.1, 0.15) is 47.5 Å². The first-order valence-electron chi connectivity index (χ1n) is 32.7. The molecule has 0 aromatic rings.